The topological polar surface area (TPSA) is 77.4 Å². The number of aliphatic hydroxyl groups excluding tert-OH is 1. The van der Waals surface area contributed by atoms with Crippen LogP contribution in [0, 0.1) is 0 Å². The first-order valence-electron chi connectivity index (χ1n) is 12.6. The monoisotopic (exact) mass is 472 g/mol. The summed E-state index contributed by atoms with van der Waals surface area (Å²) in [6, 6.07) is 0. The third kappa shape index (κ3) is 24.2. The van der Waals surface area contributed by atoms with Gasteiger partial charge in [-0.05, 0) is 19.3 Å². The Hall–Kier alpha value is 1.51. The number of aliphatic hydroxyl groups is 1. The molecule has 176 valence electrons. The SMILES string of the molecule is CCCCC(CCCCCCCCCCCCCCCCCCCO)S(=O)(=O)[O-].[K+]. The van der Waals surface area contributed by atoms with Crippen molar-refractivity contribution in [2.24, 2.45) is 0 Å². The predicted molar refractivity (Wildman–Crippen MR) is 123 cm³/mol. The normalized spacial score (nSPS) is 12.6. The zero-order valence-corrected chi connectivity index (χ0v) is 24.2. The van der Waals surface area contributed by atoms with Gasteiger partial charge in [0.1, 0.15) is 0 Å². The molecule has 0 saturated heterocycles. The van der Waals surface area contributed by atoms with Crippen molar-refractivity contribution >= 4 is 10.1 Å². The average Bonchev–Trinajstić information content (AvgIpc) is 2.68. The Kier molecular flexibility index (Phi) is 28.2. The first kappa shape index (κ1) is 33.7. The first-order valence-corrected chi connectivity index (χ1v) is 14.0. The molecule has 6 heteroatoms. The van der Waals surface area contributed by atoms with Gasteiger partial charge in [-0.1, -0.05) is 122 Å². The van der Waals surface area contributed by atoms with Gasteiger partial charge in [-0.3, -0.25) is 0 Å². The van der Waals surface area contributed by atoms with E-state index in [1.54, 1.807) is 0 Å². The minimum absolute atomic E-state index is 0. The van der Waals surface area contributed by atoms with Crippen LogP contribution >= 0.6 is 0 Å². The number of rotatable bonds is 23. The van der Waals surface area contributed by atoms with Crippen molar-refractivity contribution in [2.75, 3.05) is 6.61 Å². The molecule has 1 N–H and O–H groups in total. The molecule has 0 radical (unpaired) electrons. The van der Waals surface area contributed by atoms with Crippen LogP contribution in [0.2, 0.25) is 0 Å². The minimum Gasteiger partial charge on any atom is -0.748 e. The van der Waals surface area contributed by atoms with E-state index in [1.165, 1.54) is 83.5 Å². The fraction of sp³-hybridized carbons (Fsp3) is 1.00. The summed E-state index contributed by atoms with van der Waals surface area (Å²) in [5.74, 6) is 0. The van der Waals surface area contributed by atoms with Crippen molar-refractivity contribution < 1.29 is 69.5 Å². The van der Waals surface area contributed by atoms with Crippen molar-refractivity contribution in [1.29, 1.82) is 0 Å². The molecule has 30 heavy (non-hydrogen) atoms. The van der Waals surface area contributed by atoms with Crippen LogP contribution in [0.25, 0.3) is 0 Å². The second-order valence-corrected chi connectivity index (χ2v) is 10.4. The molecule has 0 aliphatic carbocycles. The van der Waals surface area contributed by atoms with E-state index in [0.29, 0.717) is 19.4 Å². The standard InChI is InChI=1S/C24H50O4S.K/c1-2-3-21-24(29(26,27)28)22-19-17-15-13-11-9-7-5-4-6-8-10-12-14-16-18-20-23-25;/h24-25H,2-23H2,1H3,(H,26,27,28);/q;+1/p-1. The van der Waals surface area contributed by atoms with Crippen LogP contribution in [-0.2, 0) is 10.1 Å². The van der Waals surface area contributed by atoms with Gasteiger partial charge in [-0.2, -0.15) is 0 Å². The Balaban J connectivity index is 0. The van der Waals surface area contributed by atoms with Gasteiger partial charge < -0.3 is 9.66 Å². The Labute approximate surface area is 230 Å². The maximum Gasteiger partial charge on any atom is 1.00 e. The van der Waals surface area contributed by atoms with Gasteiger partial charge in [0.15, 0.2) is 0 Å². The van der Waals surface area contributed by atoms with Crippen molar-refractivity contribution in [3.63, 3.8) is 0 Å². The van der Waals surface area contributed by atoms with E-state index in [4.69, 9.17) is 5.11 Å². The second-order valence-electron chi connectivity index (χ2n) is 8.78. The van der Waals surface area contributed by atoms with Crippen LogP contribution in [0.15, 0.2) is 0 Å². The summed E-state index contributed by atoms with van der Waals surface area (Å²) in [4.78, 5) is 0. The summed E-state index contributed by atoms with van der Waals surface area (Å²) in [6.45, 7) is 2.37. The van der Waals surface area contributed by atoms with E-state index in [2.05, 4.69) is 0 Å². The van der Waals surface area contributed by atoms with Crippen LogP contribution in [-0.4, -0.2) is 29.9 Å². The summed E-state index contributed by atoms with van der Waals surface area (Å²) < 4.78 is 33.9. The van der Waals surface area contributed by atoms with Gasteiger partial charge in [0.25, 0.3) is 0 Å². The number of hydrogen-bond acceptors (Lipinski definition) is 4. The van der Waals surface area contributed by atoms with E-state index in [0.717, 1.165) is 38.5 Å². The van der Waals surface area contributed by atoms with Gasteiger partial charge in [-0.25, -0.2) is 8.42 Å². The maximum absolute atomic E-state index is 11.3. The molecule has 0 aliphatic rings. The quantitative estimate of drug-likeness (QED) is 0.138. The van der Waals surface area contributed by atoms with Gasteiger partial charge in [0.05, 0.1) is 10.1 Å². The fourth-order valence-corrected chi connectivity index (χ4v) is 4.91. The number of hydrogen-bond donors (Lipinski definition) is 1. The smallest absolute Gasteiger partial charge is 0.748 e. The van der Waals surface area contributed by atoms with Gasteiger partial charge in [0.2, 0.25) is 0 Å². The summed E-state index contributed by atoms with van der Waals surface area (Å²) in [6.07, 6.45) is 24.1. The van der Waals surface area contributed by atoms with Crippen LogP contribution in [0.3, 0.4) is 0 Å². The van der Waals surface area contributed by atoms with Gasteiger partial charge >= 0.3 is 51.4 Å². The molecular formula is C24H49KO4S. The summed E-state index contributed by atoms with van der Waals surface area (Å²) in [5.41, 5.74) is 0. The van der Waals surface area contributed by atoms with Gasteiger partial charge in [0, 0.05) is 11.9 Å². The Bertz CT molecular complexity index is 429. The van der Waals surface area contributed by atoms with Crippen molar-refractivity contribution in [1.82, 2.24) is 0 Å². The maximum atomic E-state index is 11.3. The molecule has 1 unspecified atom stereocenters. The summed E-state index contributed by atoms with van der Waals surface area (Å²) in [7, 11) is -4.12. The van der Waals surface area contributed by atoms with Crippen LogP contribution < -0.4 is 51.4 Å². The molecule has 0 bridgehead atoms. The molecule has 0 aromatic rings. The molecule has 0 aromatic carbocycles. The van der Waals surface area contributed by atoms with Crippen LogP contribution in [0.1, 0.15) is 142 Å². The Morgan fingerprint density at radius 1 is 0.600 bits per heavy atom. The molecule has 1 atom stereocenters. The second kappa shape index (κ2) is 25.1. The van der Waals surface area contributed by atoms with E-state index >= 15 is 0 Å². The van der Waals surface area contributed by atoms with Crippen LogP contribution in [0.4, 0.5) is 0 Å². The third-order valence-corrected chi connectivity index (χ3v) is 7.26. The first-order chi connectivity index (χ1) is 14.0. The van der Waals surface area contributed by atoms with Crippen molar-refractivity contribution in [2.45, 2.75) is 147 Å². The molecule has 0 rings (SSSR count). The Morgan fingerprint density at radius 3 is 1.20 bits per heavy atom. The fourth-order valence-electron chi connectivity index (χ4n) is 4.00. The Morgan fingerprint density at radius 2 is 0.900 bits per heavy atom. The molecule has 0 amide bonds. The predicted octanol–water partition coefficient (Wildman–Crippen LogP) is 4.11. The molecule has 0 aromatic heterocycles. The molecule has 0 aliphatic heterocycles. The van der Waals surface area contributed by atoms with E-state index in [9.17, 15) is 13.0 Å². The third-order valence-electron chi connectivity index (χ3n) is 5.97. The molecule has 0 saturated carbocycles. The van der Waals surface area contributed by atoms with Gasteiger partial charge in [-0.15, -0.1) is 0 Å². The largest absolute Gasteiger partial charge is 1.00 e. The summed E-state index contributed by atoms with van der Waals surface area (Å²) >= 11 is 0. The molecule has 0 spiro atoms. The van der Waals surface area contributed by atoms with E-state index in [-0.39, 0.29) is 51.4 Å². The molecule has 0 fully saturated rings. The van der Waals surface area contributed by atoms with E-state index in [1.807, 2.05) is 6.92 Å². The van der Waals surface area contributed by atoms with E-state index < -0.39 is 15.4 Å². The summed E-state index contributed by atoms with van der Waals surface area (Å²) in [5, 5.41) is 8.07. The molecular weight excluding hydrogens is 423 g/mol. The minimum atomic E-state index is -4.12. The van der Waals surface area contributed by atoms with Crippen molar-refractivity contribution in [3.05, 3.63) is 0 Å². The van der Waals surface area contributed by atoms with Crippen LogP contribution in [0.5, 0.6) is 0 Å². The zero-order chi connectivity index (χ0) is 21.6. The molecule has 4 nitrogen and oxygen atoms in total. The van der Waals surface area contributed by atoms with Crippen molar-refractivity contribution in [3.8, 4) is 0 Å². The zero-order valence-electron chi connectivity index (χ0n) is 20.2. The molecule has 0 heterocycles. The number of unbranched alkanes of at least 4 members (excludes halogenated alkanes) is 17. The average molecular weight is 473 g/mol.